The second kappa shape index (κ2) is 9.84. The zero-order valence-electron chi connectivity index (χ0n) is 17.4. The van der Waals surface area contributed by atoms with Gasteiger partial charge in [0.1, 0.15) is 11.4 Å². The maximum absolute atomic E-state index is 11.7. The van der Waals surface area contributed by atoms with Gasteiger partial charge in [0.05, 0.1) is 39.2 Å². The van der Waals surface area contributed by atoms with Gasteiger partial charge in [-0.3, -0.25) is 25.2 Å². The summed E-state index contributed by atoms with van der Waals surface area (Å²) in [6.45, 7) is 0. The number of pyridine rings is 1. The molecule has 10 nitrogen and oxygen atoms in total. The van der Waals surface area contributed by atoms with Gasteiger partial charge in [0.25, 0.3) is 11.4 Å². The van der Waals surface area contributed by atoms with Crippen molar-refractivity contribution >= 4 is 57.1 Å². The Kier molecular flexibility index (Phi) is 6.51. The molecule has 0 radical (unpaired) electrons. The largest absolute Gasteiger partial charge is 0.354 e. The van der Waals surface area contributed by atoms with Gasteiger partial charge >= 0.3 is 0 Å². The monoisotopic (exact) mass is 476 g/mol. The van der Waals surface area contributed by atoms with Crippen LogP contribution in [0.25, 0.3) is 0 Å². The average Bonchev–Trinajstić information content (AvgIpc) is 2.82. The van der Waals surface area contributed by atoms with E-state index >= 15 is 0 Å². The van der Waals surface area contributed by atoms with Gasteiger partial charge in [0.15, 0.2) is 0 Å². The predicted octanol–water partition coefficient (Wildman–Crippen LogP) is 6.78. The molecule has 0 unspecified atom stereocenters. The van der Waals surface area contributed by atoms with Crippen molar-refractivity contribution in [1.29, 1.82) is 0 Å². The van der Waals surface area contributed by atoms with Crippen molar-refractivity contribution in [2.45, 2.75) is 0 Å². The first-order valence-electron chi connectivity index (χ1n) is 9.93. The number of benzene rings is 3. The van der Waals surface area contributed by atoms with Gasteiger partial charge in [-0.15, -0.1) is 0 Å². The van der Waals surface area contributed by atoms with E-state index in [1.807, 2.05) is 6.07 Å². The van der Waals surface area contributed by atoms with Gasteiger partial charge in [-0.05, 0) is 54.6 Å². The molecular weight excluding hydrogens is 460 g/mol. The molecule has 0 saturated heterocycles. The first-order valence-corrected chi connectivity index (χ1v) is 10.3. The minimum Gasteiger partial charge on any atom is -0.354 e. The molecule has 4 aromatic rings. The van der Waals surface area contributed by atoms with Crippen LogP contribution in [-0.4, -0.2) is 14.8 Å². The lowest BCUT2D eigenvalue weighted by atomic mass is 10.1. The molecule has 0 spiro atoms. The number of halogens is 1. The number of nitrogens with zero attached hydrogens (tertiary/aromatic N) is 3. The molecule has 1 aromatic heterocycles. The Labute approximate surface area is 198 Å². The molecule has 0 amide bonds. The number of aromatic nitrogens is 1. The van der Waals surface area contributed by atoms with Crippen LogP contribution >= 0.6 is 11.6 Å². The van der Waals surface area contributed by atoms with Gasteiger partial charge in [-0.25, -0.2) is 0 Å². The molecule has 0 saturated carbocycles. The van der Waals surface area contributed by atoms with Gasteiger partial charge in [-0.2, -0.15) is 0 Å². The normalized spacial score (nSPS) is 10.4. The number of para-hydroxylation sites is 2. The topological polar surface area (TPSA) is 135 Å². The van der Waals surface area contributed by atoms with Crippen molar-refractivity contribution in [3.8, 4) is 0 Å². The van der Waals surface area contributed by atoms with Crippen LogP contribution in [0.2, 0.25) is 5.02 Å². The van der Waals surface area contributed by atoms with Crippen molar-refractivity contribution in [3.63, 3.8) is 0 Å². The number of rotatable bonds is 8. The smallest absolute Gasteiger partial charge is 0.299 e. The van der Waals surface area contributed by atoms with E-state index < -0.39 is 21.2 Å². The van der Waals surface area contributed by atoms with E-state index in [1.165, 1.54) is 12.3 Å². The summed E-state index contributed by atoms with van der Waals surface area (Å²) in [5.74, 6) is 0. The molecule has 34 heavy (non-hydrogen) atoms. The second-order valence-electron chi connectivity index (χ2n) is 7.07. The predicted molar refractivity (Wildman–Crippen MR) is 132 cm³/mol. The van der Waals surface area contributed by atoms with Crippen LogP contribution < -0.4 is 16.0 Å². The average molecular weight is 477 g/mol. The molecule has 0 aliphatic heterocycles. The zero-order chi connectivity index (χ0) is 24.1. The molecular formula is C23H17ClN6O4. The van der Waals surface area contributed by atoms with Crippen molar-refractivity contribution in [1.82, 2.24) is 4.98 Å². The fraction of sp³-hybridized carbons (Fsp3) is 0. The third kappa shape index (κ3) is 5.19. The molecule has 0 aliphatic rings. The summed E-state index contributed by atoms with van der Waals surface area (Å²) in [6.07, 6.45) is 3.05. The first-order chi connectivity index (χ1) is 16.4. The number of nitrogens with one attached hydrogen (secondary N) is 3. The van der Waals surface area contributed by atoms with Gasteiger partial charge in [0, 0.05) is 16.9 Å². The minimum absolute atomic E-state index is 0.0762. The minimum atomic E-state index is -0.675. The molecule has 170 valence electrons. The highest BCUT2D eigenvalue weighted by Crippen LogP contribution is 2.40. The number of nitro benzene ring substituents is 2. The van der Waals surface area contributed by atoms with Crippen LogP contribution in [0.4, 0.5) is 45.5 Å². The first kappa shape index (κ1) is 22.5. The van der Waals surface area contributed by atoms with Crippen molar-refractivity contribution in [2.75, 3.05) is 16.0 Å². The third-order valence-corrected chi connectivity index (χ3v) is 5.02. The number of nitro groups is 2. The second-order valence-corrected chi connectivity index (χ2v) is 7.51. The summed E-state index contributed by atoms with van der Waals surface area (Å²) in [7, 11) is 0. The van der Waals surface area contributed by atoms with Gasteiger partial charge in [0.2, 0.25) is 0 Å². The Morgan fingerprint density at radius 3 is 1.85 bits per heavy atom. The fourth-order valence-electron chi connectivity index (χ4n) is 3.21. The van der Waals surface area contributed by atoms with E-state index in [0.29, 0.717) is 22.1 Å². The maximum atomic E-state index is 11.7. The summed E-state index contributed by atoms with van der Waals surface area (Å²) in [5.41, 5.74) is 1.70. The number of hydrogen-bond donors (Lipinski definition) is 3. The van der Waals surface area contributed by atoms with Crippen molar-refractivity contribution < 1.29 is 9.85 Å². The van der Waals surface area contributed by atoms with Crippen LogP contribution in [-0.2, 0) is 0 Å². The lowest BCUT2D eigenvalue weighted by Gasteiger charge is -2.15. The lowest BCUT2D eigenvalue weighted by molar-refractivity contribution is -0.393. The highest BCUT2D eigenvalue weighted by molar-refractivity contribution is 6.30. The summed E-state index contributed by atoms with van der Waals surface area (Å²) in [4.78, 5) is 26.0. The van der Waals surface area contributed by atoms with Crippen LogP contribution in [0.1, 0.15) is 0 Å². The summed E-state index contributed by atoms with van der Waals surface area (Å²) in [5, 5.41) is 33.1. The third-order valence-electron chi connectivity index (χ3n) is 4.77. The van der Waals surface area contributed by atoms with Crippen LogP contribution in [0, 0.1) is 20.2 Å². The highest BCUT2D eigenvalue weighted by Gasteiger charge is 2.25. The molecule has 0 fully saturated rings. The van der Waals surface area contributed by atoms with Crippen LogP contribution in [0.15, 0.2) is 85.2 Å². The maximum Gasteiger partial charge on any atom is 0.299 e. The molecule has 0 aliphatic carbocycles. The van der Waals surface area contributed by atoms with E-state index in [2.05, 4.69) is 20.9 Å². The van der Waals surface area contributed by atoms with Crippen LogP contribution in [0.3, 0.4) is 0 Å². The Hall–Kier alpha value is -4.70. The molecule has 0 bridgehead atoms. The zero-order valence-corrected chi connectivity index (χ0v) is 18.2. The van der Waals surface area contributed by atoms with E-state index in [-0.39, 0.29) is 11.4 Å². The van der Waals surface area contributed by atoms with Gasteiger partial charge < -0.3 is 16.0 Å². The SMILES string of the molecule is O=[N+]([O-])c1cc([N+](=O)[O-])c(Nc2ccccc2Nc2ccc(Cl)cc2)cc1Nc1cccnc1. The van der Waals surface area contributed by atoms with E-state index in [9.17, 15) is 20.2 Å². The molecule has 3 N–H and O–H groups in total. The Morgan fingerprint density at radius 1 is 0.676 bits per heavy atom. The van der Waals surface area contributed by atoms with E-state index in [1.54, 1.807) is 60.8 Å². The molecule has 1 heterocycles. The molecule has 4 rings (SSSR count). The summed E-state index contributed by atoms with van der Waals surface area (Å²) < 4.78 is 0. The van der Waals surface area contributed by atoms with E-state index in [0.717, 1.165) is 11.8 Å². The molecule has 3 aromatic carbocycles. The van der Waals surface area contributed by atoms with Crippen LogP contribution in [0.5, 0.6) is 0 Å². The summed E-state index contributed by atoms with van der Waals surface area (Å²) in [6, 6.07) is 19.8. The fourth-order valence-corrected chi connectivity index (χ4v) is 3.33. The quantitative estimate of drug-likeness (QED) is 0.187. The molecule has 0 atom stereocenters. The number of anilines is 6. The molecule has 11 heteroatoms. The standard InChI is InChI=1S/C23H17ClN6O4/c24-15-7-9-16(10-8-15)26-18-5-1-2-6-19(18)28-21-12-20(27-17-4-3-11-25-14-17)22(29(31)32)13-23(21)30(33)34/h1-14,26-28H. The van der Waals surface area contributed by atoms with Crippen molar-refractivity contribution in [3.05, 3.63) is 110 Å². The summed E-state index contributed by atoms with van der Waals surface area (Å²) >= 11 is 5.95. The highest BCUT2D eigenvalue weighted by atomic mass is 35.5. The Morgan fingerprint density at radius 2 is 1.26 bits per heavy atom. The van der Waals surface area contributed by atoms with E-state index in [4.69, 9.17) is 11.6 Å². The Balaban J connectivity index is 1.74. The van der Waals surface area contributed by atoms with Gasteiger partial charge in [-0.1, -0.05) is 23.7 Å². The van der Waals surface area contributed by atoms with Crippen molar-refractivity contribution in [2.24, 2.45) is 0 Å². The Bertz CT molecular complexity index is 1350. The number of hydrogen-bond acceptors (Lipinski definition) is 8. The lowest BCUT2D eigenvalue weighted by Crippen LogP contribution is -2.04.